The fourth-order valence-corrected chi connectivity index (χ4v) is 1.51. The molecule has 7 heteroatoms. The van der Waals surface area contributed by atoms with Crippen LogP contribution in [-0.2, 0) is 6.54 Å². The molecule has 0 bridgehead atoms. The van der Waals surface area contributed by atoms with Crippen molar-refractivity contribution >= 4 is 11.9 Å². The van der Waals surface area contributed by atoms with Gasteiger partial charge in [-0.15, -0.1) is 0 Å². The first-order valence-corrected chi connectivity index (χ1v) is 5.37. The zero-order valence-corrected chi connectivity index (χ0v) is 10.0. The molecule has 0 atom stereocenters. The molecule has 0 amide bonds. The summed E-state index contributed by atoms with van der Waals surface area (Å²) in [5.74, 6) is 1.86. The first-order chi connectivity index (χ1) is 8.70. The van der Waals surface area contributed by atoms with Gasteiger partial charge in [0, 0.05) is 12.6 Å². The highest BCUT2D eigenvalue weighted by atomic mass is 16.7. The zero-order chi connectivity index (χ0) is 13.0. The summed E-state index contributed by atoms with van der Waals surface area (Å²) < 4.78 is 10.6. The topological polar surface area (TPSA) is 107 Å². The maximum Gasteiger partial charge on any atom is 0.231 e. The fourth-order valence-electron chi connectivity index (χ4n) is 1.51. The highest BCUT2D eigenvalue weighted by molar-refractivity contribution is 5.96. The maximum absolute atomic E-state index is 5.65. The van der Waals surface area contributed by atoms with Gasteiger partial charge < -0.3 is 20.9 Å². The summed E-state index contributed by atoms with van der Waals surface area (Å²) in [6, 6.07) is 5.63. The summed E-state index contributed by atoms with van der Waals surface area (Å²) in [6.07, 6.45) is 0. The third kappa shape index (κ3) is 2.62. The number of fused-ring (bicyclic) bond motifs is 1. The van der Waals surface area contributed by atoms with Crippen LogP contribution in [0.2, 0.25) is 0 Å². The summed E-state index contributed by atoms with van der Waals surface area (Å²) in [5.41, 5.74) is 12.0. The Bertz CT molecular complexity index is 498. The molecule has 0 saturated heterocycles. The zero-order valence-electron chi connectivity index (χ0n) is 10.0. The minimum atomic E-state index is 0.203. The number of para-hydroxylation sites is 1. The van der Waals surface area contributed by atoms with Crippen molar-refractivity contribution in [2.75, 3.05) is 13.8 Å². The average Bonchev–Trinajstić information content (AvgIpc) is 2.84. The molecule has 0 unspecified atom stereocenters. The monoisotopic (exact) mass is 249 g/mol. The second-order valence-corrected chi connectivity index (χ2v) is 3.59. The van der Waals surface area contributed by atoms with E-state index >= 15 is 0 Å². The molecule has 18 heavy (non-hydrogen) atoms. The van der Waals surface area contributed by atoms with Crippen molar-refractivity contribution < 1.29 is 9.47 Å². The van der Waals surface area contributed by atoms with E-state index in [-0.39, 0.29) is 18.7 Å². The molecule has 96 valence electrons. The van der Waals surface area contributed by atoms with Crippen LogP contribution in [0.1, 0.15) is 5.56 Å². The quantitative estimate of drug-likeness (QED) is 0.495. The van der Waals surface area contributed by atoms with Gasteiger partial charge >= 0.3 is 0 Å². The first-order valence-electron chi connectivity index (χ1n) is 5.37. The lowest BCUT2D eigenvalue weighted by Gasteiger charge is -2.05. The van der Waals surface area contributed by atoms with Crippen molar-refractivity contribution in [3.05, 3.63) is 23.8 Å². The lowest BCUT2D eigenvalue weighted by Crippen LogP contribution is -2.41. The van der Waals surface area contributed by atoms with E-state index < -0.39 is 0 Å². The van der Waals surface area contributed by atoms with Gasteiger partial charge in [0.1, 0.15) is 0 Å². The van der Waals surface area contributed by atoms with Gasteiger partial charge in [-0.3, -0.25) is 10.3 Å². The molecule has 0 aromatic heterocycles. The van der Waals surface area contributed by atoms with Crippen LogP contribution < -0.4 is 26.3 Å². The van der Waals surface area contributed by atoms with Crippen molar-refractivity contribution in [1.82, 2.24) is 5.32 Å². The highest BCUT2D eigenvalue weighted by Gasteiger charge is 2.16. The molecule has 1 heterocycles. The molecule has 7 nitrogen and oxygen atoms in total. The van der Waals surface area contributed by atoms with E-state index in [2.05, 4.69) is 15.3 Å². The predicted octanol–water partition coefficient (Wildman–Crippen LogP) is -0.236. The Hall–Kier alpha value is -2.44. The number of nitrogens with one attached hydrogen (secondary N) is 1. The smallest absolute Gasteiger partial charge is 0.231 e. The van der Waals surface area contributed by atoms with Crippen LogP contribution >= 0.6 is 0 Å². The Morgan fingerprint density at radius 2 is 2.17 bits per heavy atom. The van der Waals surface area contributed by atoms with Gasteiger partial charge in [-0.05, 0) is 6.07 Å². The third-order valence-corrected chi connectivity index (χ3v) is 2.39. The number of rotatable bonds is 2. The van der Waals surface area contributed by atoms with E-state index in [1.807, 2.05) is 18.2 Å². The molecule has 1 aromatic rings. The van der Waals surface area contributed by atoms with E-state index in [0.29, 0.717) is 12.3 Å². The lowest BCUT2D eigenvalue weighted by molar-refractivity contribution is 0.173. The molecule has 5 N–H and O–H groups in total. The molecule has 0 saturated carbocycles. The van der Waals surface area contributed by atoms with Crippen molar-refractivity contribution in [3.63, 3.8) is 0 Å². The molecule has 0 aliphatic carbocycles. The van der Waals surface area contributed by atoms with Crippen molar-refractivity contribution in [1.29, 1.82) is 0 Å². The Balaban J connectivity index is 2.07. The summed E-state index contributed by atoms with van der Waals surface area (Å²) in [4.78, 5) is 7.87. The molecule has 1 aromatic carbocycles. The fraction of sp³-hybridized carbons (Fsp3) is 0.273. The molecular formula is C11H15N5O2. The Kier molecular flexibility index (Phi) is 3.52. The summed E-state index contributed by atoms with van der Waals surface area (Å²) in [7, 11) is 1.56. The lowest BCUT2D eigenvalue weighted by atomic mass is 10.2. The number of hydrogen-bond acceptors (Lipinski definition) is 4. The van der Waals surface area contributed by atoms with E-state index in [1.165, 1.54) is 0 Å². The van der Waals surface area contributed by atoms with E-state index in [9.17, 15) is 0 Å². The largest absolute Gasteiger partial charge is 0.454 e. The summed E-state index contributed by atoms with van der Waals surface area (Å²) >= 11 is 0. The van der Waals surface area contributed by atoms with E-state index in [1.54, 1.807) is 7.05 Å². The van der Waals surface area contributed by atoms with Crippen LogP contribution in [-0.4, -0.2) is 25.8 Å². The minimum absolute atomic E-state index is 0.203. The van der Waals surface area contributed by atoms with Gasteiger partial charge in [-0.25, -0.2) is 4.99 Å². The molecule has 0 radical (unpaired) electrons. The number of aliphatic imine (C=N–C) groups is 2. The first kappa shape index (κ1) is 12.0. The van der Waals surface area contributed by atoms with Gasteiger partial charge in [0.15, 0.2) is 23.4 Å². The van der Waals surface area contributed by atoms with Crippen LogP contribution in [0.3, 0.4) is 0 Å². The number of ether oxygens (including phenoxy) is 2. The Morgan fingerprint density at radius 3 is 2.94 bits per heavy atom. The normalized spacial score (nSPS) is 14.7. The molecule has 1 aliphatic heterocycles. The van der Waals surface area contributed by atoms with E-state index in [4.69, 9.17) is 20.9 Å². The van der Waals surface area contributed by atoms with E-state index in [0.717, 1.165) is 11.3 Å². The molecule has 2 rings (SSSR count). The number of nitrogens with zero attached hydrogens (tertiary/aromatic N) is 2. The molecule has 1 aliphatic rings. The van der Waals surface area contributed by atoms with Crippen molar-refractivity contribution in [3.8, 4) is 11.5 Å². The second kappa shape index (κ2) is 5.26. The number of guanidine groups is 2. The molecule has 0 spiro atoms. The Morgan fingerprint density at radius 1 is 1.33 bits per heavy atom. The van der Waals surface area contributed by atoms with Crippen LogP contribution in [0.25, 0.3) is 0 Å². The third-order valence-electron chi connectivity index (χ3n) is 2.39. The summed E-state index contributed by atoms with van der Waals surface area (Å²) in [6.45, 7) is 0.613. The number of benzene rings is 1. The maximum atomic E-state index is 5.65. The van der Waals surface area contributed by atoms with Crippen LogP contribution in [0.4, 0.5) is 0 Å². The SMILES string of the molecule is CN=C(N)NC(N)=NCc1cccc2c1OCO2. The minimum Gasteiger partial charge on any atom is -0.454 e. The van der Waals surface area contributed by atoms with Crippen LogP contribution in [0.5, 0.6) is 11.5 Å². The van der Waals surface area contributed by atoms with Gasteiger partial charge in [0.2, 0.25) is 6.79 Å². The van der Waals surface area contributed by atoms with Gasteiger partial charge in [0.05, 0.1) is 6.54 Å². The van der Waals surface area contributed by atoms with Crippen LogP contribution in [0, 0.1) is 0 Å². The number of hydrogen-bond donors (Lipinski definition) is 3. The van der Waals surface area contributed by atoms with Crippen molar-refractivity contribution in [2.24, 2.45) is 21.5 Å². The second-order valence-electron chi connectivity index (χ2n) is 3.59. The molecule has 0 fully saturated rings. The van der Waals surface area contributed by atoms with Crippen LogP contribution in [0.15, 0.2) is 28.2 Å². The predicted molar refractivity (Wildman–Crippen MR) is 68.6 cm³/mol. The summed E-state index contributed by atoms with van der Waals surface area (Å²) in [5, 5.41) is 2.65. The van der Waals surface area contributed by atoms with Crippen molar-refractivity contribution in [2.45, 2.75) is 6.54 Å². The Labute approximate surface area is 104 Å². The average molecular weight is 249 g/mol. The van der Waals surface area contributed by atoms with Gasteiger partial charge in [-0.1, -0.05) is 12.1 Å². The molecular weight excluding hydrogens is 234 g/mol. The standard InChI is InChI=1S/C11H15N5O2/c1-14-10(12)16-11(13)15-5-7-3-2-4-8-9(7)18-6-17-8/h2-4H,5-6H2,1H3,(H5,12,13,14,15,16). The highest BCUT2D eigenvalue weighted by Crippen LogP contribution is 2.35. The van der Waals surface area contributed by atoms with Gasteiger partial charge in [0.25, 0.3) is 0 Å². The van der Waals surface area contributed by atoms with Gasteiger partial charge in [-0.2, -0.15) is 0 Å². The number of nitrogens with two attached hydrogens (primary N) is 2.